The predicted octanol–water partition coefficient (Wildman–Crippen LogP) is 1.34. The van der Waals surface area contributed by atoms with Gasteiger partial charge in [0.1, 0.15) is 4.92 Å². The van der Waals surface area contributed by atoms with Gasteiger partial charge in [0.15, 0.2) is 5.76 Å². The molecular formula is C10H14N2O5. The maximum Gasteiger partial charge on any atom is 0.433 e. The molecule has 1 heterocycles. The van der Waals surface area contributed by atoms with Gasteiger partial charge in [0.05, 0.1) is 6.07 Å². The Labute approximate surface area is 97.9 Å². The molecule has 0 saturated heterocycles. The first-order valence-electron chi connectivity index (χ1n) is 5.25. The summed E-state index contributed by atoms with van der Waals surface area (Å²) in [6, 6.07) is 2.42. The normalized spacial score (nSPS) is 10.2. The molecule has 0 atom stereocenters. The van der Waals surface area contributed by atoms with Crippen molar-refractivity contribution in [3.8, 4) is 0 Å². The third-order valence-electron chi connectivity index (χ3n) is 1.95. The number of carbonyl (C=O) groups excluding carboxylic acids is 1. The average Bonchev–Trinajstić information content (AvgIpc) is 2.78. The number of carbonyl (C=O) groups is 1. The molecule has 0 unspecified atom stereocenters. The van der Waals surface area contributed by atoms with Gasteiger partial charge in [-0.1, -0.05) is 0 Å². The fourth-order valence-corrected chi connectivity index (χ4v) is 1.16. The molecule has 1 amide bonds. The van der Waals surface area contributed by atoms with E-state index in [0.717, 1.165) is 6.07 Å². The van der Waals surface area contributed by atoms with Crippen LogP contribution in [0.15, 0.2) is 16.5 Å². The fourth-order valence-electron chi connectivity index (χ4n) is 1.16. The number of ether oxygens (including phenoxy) is 1. The summed E-state index contributed by atoms with van der Waals surface area (Å²) in [5, 5.41) is 12.9. The topological polar surface area (TPSA) is 94.6 Å². The highest BCUT2D eigenvalue weighted by atomic mass is 16.6. The second-order valence-corrected chi connectivity index (χ2v) is 3.20. The Balaban J connectivity index is 2.34. The minimum Gasteiger partial charge on any atom is -0.395 e. The Bertz CT molecular complexity index is 388. The largest absolute Gasteiger partial charge is 0.433 e. The van der Waals surface area contributed by atoms with Crippen molar-refractivity contribution in [3.63, 3.8) is 0 Å². The minimum absolute atomic E-state index is 0.0619. The van der Waals surface area contributed by atoms with Gasteiger partial charge in [0.2, 0.25) is 0 Å². The number of nitrogens with one attached hydrogen (secondary N) is 1. The lowest BCUT2D eigenvalue weighted by Gasteiger charge is -2.02. The summed E-state index contributed by atoms with van der Waals surface area (Å²) in [7, 11) is 0. The van der Waals surface area contributed by atoms with Crippen LogP contribution >= 0.6 is 0 Å². The van der Waals surface area contributed by atoms with Crippen molar-refractivity contribution in [2.75, 3.05) is 19.8 Å². The van der Waals surface area contributed by atoms with Gasteiger partial charge in [-0.15, -0.1) is 0 Å². The molecule has 7 nitrogen and oxygen atoms in total. The molecule has 0 spiro atoms. The zero-order valence-corrected chi connectivity index (χ0v) is 9.47. The molecule has 0 bridgehead atoms. The van der Waals surface area contributed by atoms with Gasteiger partial charge in [-0.05, 0) is 19.4 Å². The van der Waals surface area contributed by atoms with Gasteiger partial charge >= 0.3 is 5.88 Å². The molecule has 17 heavy (non-hydrogen) atoms. The van der Waals surface area contributed by atoms with Crippen LogP contribution < -0.4 is 5.32 Å². The average molecular weight is 242 g/mol. The second kappa shape index (κ2) is 6.64. The van der Waals surface area contributed by atoms with Crippen molar-refractivity contribution in [1.82, 2.24) is 5.32 Å². The SMILES string of the molecule is CCOCCCNC(=O)c1ccc([N+](=O)[O-])o1. The van der Waals surface area contributed by atoms with Crippen LogP contribution in [0.1, 0.15) is 23.9 Å². The number of nitro groups is 1. The van der Waals surface area contributed by atoms with Crippen LogP contribution in [-0.2, 0) is 4.74 Å². The van der Waals surface area contributed by atoms with E-state index < -0.39 is 16.7 Å². The lowest BCUT2D eigenvalue weighted by Crippen LogP contribution is -2.24. The molecule has 0 saturated carbocycles. The van der Waals surface area contributed by atoms with Crippen LogP contribution in [0, 0.1) is 10.1 Å². The molecule has 7 heteroatoms. The standard InChI is InChI=1S/C10H14N2O5/c1-2-16-7-3-6-11-10(13)8-4-5-9(17-8)12(14)15/h4-5H,2-3,6-7H2,1H3,(H,11,13). The first-order valence-corrected chi connectivity index (χ1v) is 5.25. The Hall–Kier alpha value is -1.89. The van der Waals surface area contributed by atoms with Crippen LogP contribution in [-0.4, -0.2) is 30.6 Å². The molecule has 94 valence electrons. The zero-order chi connectivity index (χ0) is 12.7. The van der Waals surface area contributed by atoms with Crippen LogP contribution in [0.3, 0.4) is 0 Å². The first-order chi connectivity index (χ1) is 8.15. The van der Waals surface area contributed by atoms with Gasteiger partial charge < -0.3 is 14.5 Å². The molecule has 0 aliphatic carbocycles. The highest BCUT2D eigenvalue weighted by Gasteiger charge is 2.16. The van der Waals surface area contributed by atoms with Gasteiger partial charge in [-0.2, -0.15) is 0 Å². The van der Waals surface area contributed by atoms with Crippen molar-refractivity contribution in [2.24, 2.45) is 0 Å². The number of nitrogens with zero attached hydrogens (tertiary/aromatic N) is 1. The Kier molecular flexibility index (Phi) is 5.15. The lowest BCUT2D eigenvalue weighted by molar-refractivity contribution is -0.402. The maximum atomic E-state index is 11.4. The van der Waals surface area contributed by atoms with Crippen molar-refractivity contribution in [3.05, 3.63) is 28.0 Å². The summed E-state index contributed by atoms with van der Waals surface area (Å²) in [5.41, 5.74) is 0. The van der Waals surface area contributed by atoms with Gasteiger partial charge in [-0.3, -0.25) is 14.9 Å². The van der Waals surface area contributed by atoms with E-state index in [1.807, 2.05) is 6.92 Å². The van der Waals surface area contributed by atoms with Gasteiger partial charge in [0, 0.05) is 19.8 Å². The van der Waals surface area contributed by atoms with E-state index in [9.17, 15) is 14.9 Å². The molecule has 0 fully saturated rings. The van der Waals surface area contributed by atoms with Crippen molar-refractivity contribution in [1.29, 1.82) is 0 Å². The monoisotopic (exact) mass is 242 g/mol. The van der Waals surface area contributed by atoms with E-state index in [4.69, 9.17) is 9.15 Å². The highest BCUT2D eigenvalue weighted by Crippen LogP contribution is 2.15. The summed E-state index contributed by atoms with van der Waals surface area (Å²) < 4.78 is 9.84. The zero-order valence-electron chi connectivity index (χ0n) is 9.47. The van der Waals surface area contributed by atoms with Gasteiger partial charge in [-0.25, -0.2) is 0 Å². The number of amides is 1. The van der Waals surface area contributed by atoms with Crippen LogP contribution in [0.25, 0.3) is 0 Å². The fraction of sp³-hybridized carbons (Fsp3) is 0.500. The molecule has 0 aliphatic rings. The molecule has 1 aromatic heterocycles. The summed E-state index contributed by atoms with van der Waals surface area (Å²) in [6.45, 7) is 3.53. The van der Waals surface area contributed by atoms with Crippen molar-refractivity contribution < 1.29 is 18.9 Å². The summed E-state index contributed by atoms with van der Waals surface area (Å²) in [6.07, 6.45) is 0.683. The second-order valence-electron chi connectivity index (χ2n) is 3.20. The number of furan rings is 1. The van der Waals surface area contributed by atoms with E-state index in [2.05, 4.69) is 5.32 Å². The lowest BCUT2D eigenvalue weighted by atomic mass is 10.4. The molecule has 1 aromatic rings. The van der Waals surface area contributed by atoms with E-state index in [1.165, 1.54) is 6.07 Å². The van der Waals surface area contributed by atoms with Gasteiger partial charge in [0.25, 0.3) is 5.91 Å². The molecule has 0 aliphatic heterocycles. The number of hydrogen-bond acceptors (Lipinski definition) is 5. The predicted molar refractivity (Wildman–Crippen MR) is 58.8 cm³/mol. The number of rotatable bonds is 7. The molecular weight excluding hydrogens is 228 g/mol. The molecule has 1 N–H and O–H groups in total. The molecule has 0 aromatic carbocycles. The van der Waals surface area contributed by atoms with E-state index in [-0.39, 0.29) is 5.76 Å². The third-order valence-corrected chi connectivity index (χ3v) is 1.95. The van der Waals surface area contributed by atoms with E-state index >= 15 is 0 Å². The van der Waals surface area contributed by atoms with Crippen molar-refractivity contribution >= 4 is 11.8 Å². The van der Waals surface area contributed by atoms with Crippen molar-refractivity contribution in [2.45, 2.75) is 13.3 Å². The Morgan fingerprint density at radius 1 is 1.59 bits per heavy atom. The summed E-state index contributed by atoms with van der Waals surface area (Å²) in [5.74, 6) is -0.966. The van der Waals surface area contributed by atoms with E-state index in [0.29, 0.717) is 26.2 Å². The van der Waals surface area contributed by atoms with Crippen LogP contribution in [0.5, 0.6) is 0 Å². The number of hydrogen-bond donors (Lipinski definition) is 1. The maximum absolute atomic E-state index is 11.4. The smallest absolute Gasteiger partial charge is 0.395 e. The highest BCUT2D eigenvalue weighted by molar-refractivity contribution is 5.91. The summed E-state index contributed by atoms with van der Waals surface area (Å²) in [4.78, 5) is 21.1. The van der Waals surface area contributed by atoms with Crippen LogP contribution in [0.2, 0.25) is 0 Å². The quantitative estimate of drug-likeness (QED) is 0.442. The molecule has 0 radical (unpaired) electrons. The Morgan fingerprint density at radius 3 is 2.94 bits per heavy atom. The Morgan fingerprint density at radius 2 is 2.35 bits per heavy atom. The molecule has 1 rings (SSSR count). The first kappa shape index (κ1) is 13.2. The summed E-state index contributed by atoms with van der Waals surface area (Å²) >= 11 is 0. The third kappa shape index (κ3) is 4.23. The van der Waals surface area contributed by atoms with Crippen LogP contribution in [0.4, 0.5) is 5.88 Å². The minimum atomic E-state index is -0.689. The van der Waals surface area contributed by atoms with E-state index in [1.54, 1.807) is 0 Å².